The Bertz CT molecular complexity index is 1150. The van der Waals surface area contributed by atoms with Gasteiger partial charge in [0, 0.05) is 28.6 Å². The highest BCUT2D eigenvalue weighted by Crippen LogP contribution is 2.25. The minimum atomic E-state index is -0.791. The molecular weight excluding hydrogens is 376 g/mol. The van der Waals surface area contributed by atoms with Gasteiger partial charge in [-0.05, 0) is 46.5 Å². The number of hydrogen-bond acceptors (Lipinski definition) is 7. The van der Waals surface area contributed by atoms with Crippen LogP contribution in [-0.4, -0.2) is 38.7 Å². The summed E-state index contributed by atoms with van der Waals surface area (Å²) in [6.45, 7) is 0.385. The zero-order valence-electron chi connectivity index (χ0n) is 15.3. The van der Waals surface area contributed by atoms with E-state index in [4.69, 9.17) is 10.3 Å². The molecule has 0 atom stereocenters. The lowest BCUT2D eigenvalue weighted by Crippen LogP contribution is -2.00. The van der Waals surface area contributed by atoms with Crippen LogP contribution in [0.2, 0.25) is 0 Å². The van der Waals surface area contributed by atoms with Gasteiger partial charge in [-0.2, -0.15) is 10.3 Å². The molecular formula is C18H16N8O3. The number of phenols is 1. The number of anilines is 1. The lowest BCUT2D eigenvalue weighted by molar-refractivity contribution is 0.0997. The first-order valence-electron chi connectivity index (χ1n) is 8.34. The van der Waals surface area contributed by atoms with Crippen molar-refractivity contribution in [2.24, 2.45) is 5.11 Å². The zero-order valence-corrected chi connectivity index (χ0v) is 15.3. The lowest BCUT2D eigenvalue weighted by Gasteiger charge is -2.07. The molecule has 1 amide bonds. The van der Waals surface area contributed by atoms with E-state index in [1.165, 1.54) is 13.2 Å². The SMILES string of the molecule is COc1cc2cc(CNc3cccc(O)c3)cn[nH]nnc2cc1C(=O)N=[N+]=[N-]. The number of carbonyl (C=O) groups excluding carboxylic acids is 1. The van der Waals surface area contributed by atoms with Gasteiger partial charge in [-0.3, -0.25) is 4.79 Å². The van der Waals surface area contributed by atoms with Crippen molar-refractivity contribution >= 4 is 22.5 Å². The Balaban J connectivity index is 2.07. The third kappa shape index (κ3) is 4.87. The molecule has 2 aromatic carbocycles. The van der Waals surface area contributed by atoms with E-state index in [1.807, 2.05) is 6.07 Å². The summed E-state index contributed by atoms with van der Waals surface area (Å²) in [5, 5.41) is 30.6. The van der Waals surface area contributed by atoms with Crippen molar-refractivity contribution in [2.75, 3.05) is 12.4 Å². The Morgan fingerprint density at radius 1 is 1.34 bits per heavy atom. The molecule has 3 N–H and O–H groups in total. The van der Waals surface area contributed by atoms with Crippen LogP contribution in [-0.2, 0) is 6.54 Å². The van der Waals surface area contributed by atoms with Crippen molar-refractivity contribution in [1.29, 1.82) is 0 Å². The molecule has 3 aromatic rings. The highest BCUT2D eigenvalue weighted by Gasteiger charge is 2.13. The van der Waals surface area contributed by atoms with Gasteiger partial charge >= 0.3 is 0 Å². The maximum atomic E-state index is 12.0. The predicted octanol–water partition coefficient (Wildman–Crippen LogP) is 3.25. The molecule has 3 rings (SSSR count). The van der Waals surface area contributed by atoms with Gasteiger partial charge in [0.1, 0.15) is 11.5 Å². The van der Waals surface area contributed by atoms with E-state index in [0.717, 1.165) is 11.3 Å². The number of H-pyrrole nitrogens is 1. The summed E-state index contributed by atoms with van der Waals surface area (Å²) >= 11 is 0. The molecule has 0 radical (unpaired) electrons. The van der Waals surface area contributed by atoms with Crippen LogP contribution in [0.5, 0.6) is 11.5 Å². The van der Waals surface area contributed by atoms with Crippen molar-refractivity contribution in [3.05, 3.63) is 70.2 Å². The van der Waals surface area contributed by atoms with Crippen molar-refractivity contribution in [3.8, 4) is 11.5 Å². The number of carbonyl (C=O) groups is 1. The molecule has 0 bridgehead atoms. The number of fused-ring (bicyclic) bond motifs is 1. The summed E-state index contributed by atoms with van der Waals surface area (Å²) < 4.78 is 5.26. The molecule has 0 saturated heterocycles. The van der Waals surface area contributed by atoms with Crippen LogP contribution in [0, 0.1) is 0 Å². The van der Waals surface area contributed by atoms with Gasteiger partial charge in [0.05, 0.1) is 24.4 Å². The predicted molar refractivity (Wildman–Crippen MR) is 105 cm³/mol. The number of nitrogens with zero attached hydrogens (tertiary/aromatic N) is 6. The Labute approximate surface area is 164 Å². The van der Waals surface area contributed by atoms with Crippen molar-refractivity contribution in [2.45, 2.75) is 6.54 Å². The minimum absolute atomic E-state index is 0.0657. The van der Waals surface area contributed by atoms with E-state index in [-0.39, 0.29) is 17.1 Å². The highest BCUT2D eigenvalue weighted by molar-refractivity contribution is 6.01. The smallest absolute Gasteiger partial charge is 0.252 e. The summed E-state index contributed by atoms with van der Waals surface area (Å²) in [5.41, 5.74) is 10.4. The number of ether oxygens (including phenoxy) is 1. The quantitative estimate of drug-likeness (QED) is 0.341. The van der Waals surface area contributed by atoms with Gasteiger partial charge in [0.2, 0.25) is 0 Å². The summed E-state index contributed by atoms with van der Waals surface area (Å²) in [6.07, 6.45) is 1.56. The molecule has 11 heteroatoms. The molecule has 29 heavy (non-hydrogen) atoms. The van der Waals surface area contributed by atoms with Gasteiger partial charge in [-0.1, -0.05) is 11.3 Å². The van der Waals surface area contributed by atoms with Crippen molar-refractivity contribution in [1.82, 2.24) is 20.6 Å². The van der Waals surface area contributed by atoms with Crippen LogP contribution in [0.3, 0.4) is 0 Å². The number of hydrogen-bond donors (Lipinski definition) is 3. The van der Waals surface area contributed by atoms with E-state index in [1.54, 1.807) is 36.5 Å². The van der Waals surface area contributed by atoms with Crippen molar-refractivity contribution in [3.63, 3.8) is 0 Å². The summed E-state index contributed by atoms with van der Waals surface area (Å²) in [5.74, 6) is -0.406. The molecule has 0 spiro atoms. The van der Waals surface area contributed by atoms with E-state index < -0.39 is 5.91 Å². The number of benzene rings is 2. The van der Waals surface area contributed by atoms with Crippen LogP contribution in [0.25, 0.3) is 21.3 Å². The van der Waals surface area contributed by atoms with E-state index in [9.17, 15) is 9.90 Å². The fourth-order valence-electron chi connectivity index (χ4n) is 2.58. The average Bonchev–Trinajstić information content (AvgIpc) is 2.81. The standard InChI is InChI=1S/C18H16N8O3/c1-29-17-6-12-5-11(9-20-13-3-2-4-14(27)7-13)10-21-25-26-22-16(12)8-15(17)18(28)23-24-19/h2-8,10,20,27H,9H2,1H3,(H,22,25). The van der Waals surface area contributed by atoms with Crippen LogP contribution in [0.15, 0.2) is 53.8 Å². The van der Waals surface area contributed by atoms with Gasteiger partial charge in [0.15, 0.2) is 0 Å². The summed E-state index contributed by atoms with van der Waals surface area (Å²) in [6, 6.07) is 11.5. The van der Waals surface area contributed by atoms with E-state index in [0.29, 0.717) is 17.4 Å². The maximum absolute atomic E-state index is 12.0. The summed E-state index contributed by atoms with van der Waals surface area (Å²) in [7, 11) is 1.41. The maximum Gasteiger partial charge on any atom is 0.252 e. The first-order chi connectivity index (χ1) is 14.1. The molecule has 0 unspecified atom stereocenters. The van der Waals surface area contributed by atoms with E-state index in [2.05, 4.69) is 36.0 Å². The number of aromatic nitrogens is 4. The first kappa shape index (κ1) is 19.4. The fourth-order valence-corrected chi connectivity index (χ4v) is 2.58. The third-order valence-electron chi connectivity index (χ3n) is 3.89. The molecule has 146 valence electrons. The number of rotatable bonds is 5. The highest BCUT2D eigenvalue weighted by atomic mass is 16.5. The first-order valence-corrected chi connectivity index (χ1v) is 8.34. The minimum Gasteiger partial charge on any atom is -0.508 e. The number of aromatic hydroxyl groups is 1. The van der Waals surface area contributed by atoms with Gasteiger partial charge in [0.25, 0.3) is 5.91 Å². The van der Waals surface area contributed by atoms with E-state index >= 15 is 0 Å². The average molecular weight is 392 g/mol. The number of nitrogens with one attached hydrogen (secondary N) is 2. The molecule has 0 fully saturated rings. The Morgan fingerprint density at radius 2 is 2.21 bits per heavy atom. The van der Waals surface area contributed by atoms with Crippen LogP contribution >= 0.6 is 0 Å². The normalized spacial score (nSPS) is 9.97. The summed E-state index contributed by atoms with van der Waals surface area (Å²) in [4.78, 5) is 14.5. The number of amides is 1. The molecule has 0 aliphatic heterocycles. The van der Waals surface area contributed by atoms with Crippen LogP contribution < -0.4 is 10.1 Å². The molecule has 0 aliphatic carbocycles. The third-order valence-corrected chi connectivity index (χ3v) is 3.89. The second-order valence-corrected chi connectivity index (χ2v) is 5.79. The van der Waals surface area contributed by atoms with Crippen LogP contribution in [0.1, 0.15) is 15.9 Å². The van der Waals surface area contributed by atoms with Gasteiger partial charge < -0.3 is 15.2 Å². The molecule has 1 aromatic heterocycles. The number of phenolic OH excluding ortho intramolecular Hbond substituents is 1. The van der Waals surface area contributed by atoms with Gasteiger partial charge in [-0.15, -0.1) is 5.10 Å². The number of methoxy groups -OCH3 is 1. The lowest BCUT2D eigenvalue weighted by atomic mass is 10.1. The zero-order chi connectivity index (χ0) is 20.6. The fraction of sp³-hybridized carbons (Fsp3) is 0.111. The largest absolute Gasteiger partial charge is 0.508 e. The molecule has 11 nitrogen and oxygen atoms in total. The molecule has 1 heterocycles. The monoisotopic (exact) mass is 392 g/mol. The van der Waals surface area contributed by atoms with Crippen molar-refractivity contribution < 1.29 is 14.6 Å². The van der Waals surface area contributed by atoms with Gasteiger partial charge in [-0.25, -0.2) is 0 Å². The second kappa shape index (κ2) is 9.02. The second-order valence-electron chi connectivity index (χ2n) is 5.79. The van der Waals surface area contributed by atoms with Crippen LogP contribution in [0.4, 0.5) is 5.69 Å². The Kier molecular flexibility index (Phi) is 6.03. The topological polar surface area (TPSA) is 162 Å². The number of aromatic amines is 1. The Morgan fingerprint density at radius 3 is 2.97 bits per heavy atom. The molecule has 0 aliphatic rings. The molecule has 0 saturated carbocycles. The Hall–Kier alpha value is -4.37. The number of azide groups is 1.